The van der Waals surface area contributed by atoms with Crippen LogP contribution in [0.25, 0.3) is 10.6 Å². The van der Waals surface area contributed by atoms with E-state index in [-0.39, 0.29) is 5.91 Å². The number of hydrogen-bond donors (Lipinski definition) is 1. The van der Waals surface area contributed by atoms with Crippen molar-refractivity contribution in [3.05, 3.63) is 70.7 Å². The molecule has 0 fully saturated rings. The molecule has 1 aromatic heterocycles. The fraction of sp³-hybridized carbons (Fsp3) is 0.200. The first-order chi connectivity index (χ1) is 12.2. The molecule has 0 atom stereocenters. The number of nitrogens with one attached hydrogen (secondary N) is 1. The van der Waals surface area contributed by atoms with Crippen molar-refractivity contribution in [2.45, 2.75) is 19.9 Å². The van der Waals surface area contributed by atoms with Crippen molar-refractivity contribution >= 4 is 17.2 Å². The fourth-order valence-corrected chi connectivity index (χ4v) is 3.39. The topological polar surface area (TPSA) is 51.2 Å². The molecule has 128 valence electrons. The van der Waals surface area contributed by atoms with Crippen LogP contribution < -0.4 is 10.1 Å². The van der Waals surface area contributed by atoms with Crippen molar-refractivity contribution in [1.82, 2.24) is 10.3 Å². The van der Waals surface area contributed by atoms with Crippen molar-refractivity contribution in [2.24, 2.45) is 0 Å². The summed E-state index contributed by atoms with van der Waals surface area (Å²) in [6.07, 6.45) is 0.948. The molecule has 2 aromatic carbocycles. The molecule has 0 aliphatic heterocycles. The Morgan fingerprint density at radius 1 is 1.16 bits per heavy atom. The minimum Gasteiger partial charge on any atom is -0.496 e. The third-order valence-electron chi connectivity index (χ3n) is 3.92. The zero-order valence-corrected chi connectivity index (χ0v) is 15.1. The third-order valence-corrected chi connectivity index (χ3v) is 4.86. The SMILES string of the molecule is CCc1csc(-c2ccc(CNC(=O)c3ccccc3OC)cc2)n1. The summed E-state index contributed by atoms with van der Waals surface area (Å²) in [5.74, 6) is 0.430. The number of para-hydroxylation sites is 1. The van der Waals surface area contributed by atoms with Gasteiger partial charge in [-0.2, -0.15) is 0 Å². The van der Waals surface area contributed by atoms with Crippen LogP contribution in [0.1, 0.15) is 28.5 Å². The first kappa shape index (κ1) is 17.2. The Bertz CT molecular complexity index is 856. The first-order valence-electron chi connectivity index (χ1n) is 8.16. The van der Waals surface area contributed by atoms with Gasteiger partial charge < -0.3 is 10.1 Å². The molecule has 3 aromatic rings. The number of aromatic nitrogens is 1. The Balaban J connectivity index is 1.64. The zero-order chi connectivity index (χ0) is 17.6. The minimum atomic E-state index is -0.144. The predicted octanol–water partition coefficient (Wildman–Crippen LogP) is 4.31. The molecule has 0 radical (unpaired) electrons. The van der Waals surface area contributed by atoms with Crippen LogP contribution in [-0.2, 0) is 13.0 Å². The number of ether oxygens (including phenoxy) is 1. The van der Waals surface area contributed by atoms with E-state index in [2.05, 4.69) is 22.6 Å². The van der Waals surface area contributed by atoms with Crippen molar-refractivity contribution in [2.75, 3.05) is 7.11 Å². The third kappa shape index (κ3) is 4.06. The Labute approximate surface area is 151 Å². The molecule has 1 amide bonds. The molecule has 3 rings (SSSR count). The molecule has 1 heterocycles. The van der Waals surface area contributed by atoms with E-state index in [9.17, 15) is 4.79 Å². The van der Waals surface area contributed by atoms with Gasteiger partial charge in [-0.1, -0.05) is 43.3 Å². The number of hydrogen-bond acceptors (Lipinski definition) is 4. The summed E-state index contributed by atoms with van der Waals surface area (Å²) >= 11 is 1.66. The summed E-state index contributed by atoms with van der Waals surface area (Å²) in [6.45, 7) is 2.57. The second-order valence-electron chi connectivity index (χ2n) is 5.58. The molecular weight excluding hydrogens is 332 g/mol. The smallest absolute Gasteiger partial charge is 0.255 e. The summed E-state index contributed by atoms with van der Waals surface area (Å²) in [7, 11) is 1.56. The quantitative estimate of drug-likeness (QED) is 0.719. The minimum absolute atomic E-state index is 0.144. The van der Waals surface area contributed by atoms with Gasteiger partial charge in [-0.3, -0.25) is 4.79 Å². The number of benzene rings is 2. The molecule has 0 aliphatic carbocycles. The number of methoxy groups -OCH3 is 1. The summed E-state index contributed by atoms with van der Waals surface area (Å²) in [5.41, 5.74) is 3.80. The molecule has 0 bridgehead atoms. The monoisotopic (exact) mass is 352 g/mol. The molecule has 1 N–H and O–H groups in total. The van der Waals surface area contributed by atoms with Gasteiger partial charge in [-0.15, -0.1) is 11.3 Å². The lowest BCUT2D eigenvalue weighted by molar-refractivity contribution is 0.0948. The van der Waals surface area contributed by atoms with Crippen LogP contribution in [0.2, 0.25) is 0 Å². The fourth-order valence-electron chi connectivity index (χ4n) is 2.48. The Morgan fingerprint density at radius 2 is 1.92 bits per heavy atom. The number of amides is 1. The molecule has 25 heavy (non-hydrogen) atoms. The van der Waals surface area contributed by atoms with E-state index in [4.69, 9.17) is 4.74 Å². The van der Waals surface area contributed by atoms with Crippen LogP contribution in [0, 0.1) is 0 Å². The second-order valence-corrected chi connectivity index (χ2v) is 6.44. The van der Waals surface area contributed by atoms with Crippen LogP contribution in [0.3, 0.4) is 0 Å². The van der Waals surface area contributed by atoms with Gasteiger partial charge in [-0.25, -0.2) is 4.98 Å². The van der Waals surface area contributed by atoms with E-state index in [0.29, 0.717) is 17.9 Å². The molecule has 0 spiro atoms. The number of carbonyl (C=O) groups excluding carboxylic acids is 1. The molecule has 5 heteroatoms. The number of carbonyl (C=O) groups is 1. The van der Waals surface area contributed by atoms with Crippen LogP contribution in [0.5, 0.6) is 5.75 Å². The van der Waals surface area contributed by atoms with Gasteiger partial charge >= 0.3 is 0 Å². The normalized spacial score (nSPS) is 10.5. The van der Waals surface area contributed by atoms with E-state index in [1.54, 1.807) is 30.6 Å². The second kappa shape index (κ2) is 7.94. The number of nitrogens with zero attached hydrogens (tertiary/aromatic N) is 1. The van der Waals surface area contributed by atoms with Crippen LogP contribution in [0.4, 0.5) is 0 Å². The van der Waals surface area contributed by atoms with Gasteiger partial charge in [0.15, 0.2) is 0 Å². The number of rotatable bonds is 6. The van der Waals surface area contributed by atoms with Gasteiger partial charge in [0.2, 0.25) is 0 Å². The van der Waals surface area contributed by atoms with Crippen molar-refractivity contribution in [3.8, 4) is 16.3 Å². The van der Waals surface area contributed by atoms with Crippen LogP contribution in [-0.4, -0.2) is 18.0 Å². The van der Waals surface area contributed by atoms with Gasteiger partial charge in [0.1, 0.15) is 10.8 Å². The Morgan fingerprint density at radius 3 is 2.60 bits per heavy atom. The molecule has 4 nitrogen and oxygen atoms in total. The summed E-state index contributed by atoms with van der Waals surface area (Å²) < 4.78 is 5.23. The van der Waals surface area contributed by atoms with Crippen LogP contribution >= 0.6 is 11.3 Å². The van der Waals surface area contributed by atoms with Gasteiger partial charge in [0.05, 0.1) is 18.4 Å². The molecular formula is C20H20N2O2S. The van der Waals surface area contributed by atoms with E-state index in [0.717, 1.165) is 28.2 Å². The molecule has 0 unspecified atom stereocenters. The van der Waals surface area contributed by atoms with Crippen molar-refractivity contribution in [1.29, 1.82) is 0 Å². The lowest BCUT2D eigenvalue weighted by atomic mass is 10.1. The van der Waals surface area contributed by atoms with Gasteiger partial charge in [0, 0.05) is 17.5 Å². The van der Waals surface area contributed by atoms with E-state index in [1.807, 2.05) is 36.4 Å². The lowest BCUT2D eigenvalue weighted by Crippen LogP contribution is -2.23. The maximum Gasteiger partial charge on any atom is 0.255 e. The first-order valence-corrected chi connectivity index (χ1v) is 9.04. The van der Waals surface area contributed by atoms with Crippen molar-refractivity contribution in [3.63, 3.8) is 0 Å². The van der Waals surface area contributed by atoms with E-state index < -0.39 is 0 Å². The largest absolute Gasteiger partial charge is 0.496 e. The predicted molar refractivity (Wildman–Crippen MR) is 101 cm³/mol. The summed E-state index contributed by atoms with van der Waals surface area (Å²) in [4.78, 5) is 16.9. The van der Waals surface area contributed by atoms with E-state index in [1.165, 1.54) is 0 Å². The lowest BCUT2D eigenvalue weighted by Gasteiger charge is -2.09. The summed E-state index contributed by atoms with van der Waals surface area (Å²) in [6, 6.07) is 15.3. The zero-order valence-electron chi connectivity index (χ0n) is 14.3. The number of aryl methyl sites for hydroxylation is 1. The Kier molecular flexibility index (Phi) is 5.46. The highest BCUT2D eigenvalue weighted by Crippen LogP contribution is 2.24. The Hall–Kier alpha value is -2.66. The maximum absolute atomic E-state index is 12.3. The number of thiazole rings is 1. The van der Waals surface area contributed by atoms with Gasteiger partial charge in [0.25, 0.3) is 5.91 Å². The summed E-state index contributed by atoms with van der Waals surface area (Å²) in [5, 5.41) is 6.05. The average molecular weight is 352 g/mol. The molecule has 0 saturated heterocycles. The van der Waals surface area contributed by atoms with Crippen molar-refractivity contribution < 1.29 is 9.53 Å². The highest BCUT2D eigenvalue weighted by atomic mass is 32.1. The standard InChI is InChI=1S/C20H20N2O2S/c1-3-16-13-25-20(22-16)15-10-8-14(9-11-15)12-21-19(23)17-6-4-5-7-18(17)24-2/h4-11,13H,3,12H2,1-2H3,(H,21,23). The maximum atomic E-state index is 12.3. The van der Waals surface area contributed by atoms with Gasteiger partial charge in [-0.05, 0) is 24.1 Å². The van der Waals surface area contributed by atoms with E-state index >= 15 is 0 Å². The highest BCUT2D eigenvalue weighted by Gasteiger charge is 2.11. The average Bonchev–Trinajstić information content (AvgIpc) is 3.15. The van der Waals surface area contributed by atoms with Crippen LogP contribution in [0.15, 0.2) is 53.9 Å². The molecule has 0 saturated carbocycles. The highest BCUT2D eigenvalue weighted by molar-refractivity contribution is 7.13. The molecule has 0 aliphatic rings.